The third kappa shape index (κ3) is 3.79. The van der Waals surface area contributed by atoms with Gasteiger partial charge in [0.25, 0.3) is 0 Å². The Morgan fingerprint density at radius 1 is 1.56 bits per heavy atom. The summed E-state index contributed by atoms with van der Waals surface area (Å²) in [5.41, 5.74) is 6.79. The molecule has 16 heavy (non-hydrogen) atoms. The van der Waals surface area contributed by atoms with Crippen LogP contribution in [0.2, 0.25) is 0 Å². The van der Waals surface area contributed by atoms with E-state index in [1.54, 1.807) is 19.1 Å². The lowest BCUT2D eigenvalue weighted by Crippen LogP contribution is -2.33. The molecule has 1 unspecified atom stereocenters. The number of nitrogens with two attached hydrogens (primary N) is 1. The van der Waals surface area contributed by atoms with E-state index < -0.39 is 12.0 Å². The number of halogens is 2. The molecule has 2 N–H and O–H groups in total. The van der Waals surface area contributed by atoms with Crippen molar-refractivity contribution in [2.24, 2.45) is 5.73 Å². The molecule has 0 aromatic heterocycles. The van der Waals surface area contributed by atoms with Crippen LogP contribution in [0.1, 0.15) is 11.1 Å². The van der Waals surface area contributed by atoms with Crippen LogP contribution in [-0.2, 0) is 16.0 Å². The number of esters is 1. The lowest BCUT2D eigenvalue weighted by Gasteiger charge is -2.10. The van der Waals surface area contributed by atoms with Gasteiger partial charge in [0.1, 0.15) is 11.9 Å². The summed E-state index contributed by atoms with van der Waals surface area (Å²) in [6, 6.07) is 4.02. The highest BCUT2D eigenvalue weighted by Crippen LogP contribution is 2.11. The van der Waals surface area contributed by atoms with E-state index in [4.69, 9.17) is 5.73 Å². The Hall–Kier alpha value is -1.13. The average Bonchev–Trinajstić information content (AvgIpc) is 2.20. The lowest BCUT2D eigenvalue weighted by atomic mass is 10.0. The molecule has 90 valence electrons. The van der Waals surface area contributed by atoms with Gasteiger partial charge in [-0.05, 0) is 24.1 Å². The summed E-state index contributed by atoms with van der Waals surface area (Å²) in [5.74, 6) is -0.871. The van der Waals surface area contributed by atoms with E-state index in [0.717, 1.165) is 5.56 Å². The van der Waals surface area contributed by atoms with Crippen LogP contribution in [0.4, 0.5) is 4.39 Å². The molecular formula is C11H15ClFNO2. The molecule has 0 saturated carbocycles. The van der Waals surface area contributed by atoms with Gasteiger partial charge in [-0.25, -0.2) is 4.39 Å². The van der Waals surface area contributed by atoms with Crippen molar-refractivity contribution >= 4 is 18.4 Å². The molecular weight excluding hydrogens is 233 g/mol. The third-order valence-corrected chi connectivity index (χ3v) is 2.15. The minimum atomic E-state index is -0.813. The number of benzene rings is 1. The van der Waals surface area contributed by atoms with E-state index in [9.17, 15) is 9.18 Å². The molecule has 1 aromatic carbocycles. The fourth-order valence-corrected chi connectivity index (χ4v) is 1.29. The van der Waals surface area contributed by atoms with Crippen LogP contribution < -0.4 is 5.73 Å². The zero-order chi connectivity index (χ0) is 11.4. The Balaban J connectivity index is 0.00000225. The van der Waals surface area contributed by atoms with Crippen molar-refractivity contribution in [1.82, 2.24) is 0 Å². The van der Waals surface area contributed by atoms with E-state index in [2.05, 4.69) is 4.74 Å². The molecule has 0 bridgehead atoms. The number of ether oxygens (including phenoxy) is 1. The molecule has 0 spiro atoms. The molecule has 0 aliphatic rings. The van der Waals surface area contributed by atoms with E-state index in [-0.39, 0.29) is 24.6 Å². The lowest BCUT2D eigenvalue weighted by molar-refractivity contribution is -0.142. The van der Waals surface area contributed by atoms with E-state index >= 15 is 0 Å². The van der Waals surface area contributed by atoms with Gasteiger partial charge < -0.3 is 10.5 Å². The second kappa shape index (κ2) is 6.45. The first-order valence-electron chi connectivity index (χ1n) is 4.63. The second-order valence-corrected chi connectivity index (χ2v) is 3.43. The smallest absolute Gasteiger partial charge is 0.322 e. The Morgan fingerprint density at radius 2 is 2.19 bits per heavy atom. The second-order valence-electron chi connectivity index (χ2n) is 3.43. The molecule has 0 saturated heterocycles. The standard InChI is InChI=1S/C11H14FNO2.ClH/c1-7-3-4-8(9(12)5-7)6-10(13)11(14)15-2;/h3-5,10H,6,13H2,1-2H3;1H. The summed E-state index contributed by atoms with van der Waals surface area (Å²) in [6.45, 7) is 1.80. The Labute approximate surface area is 100 Å². The molecule has 0 radical (unpaired) electrons. The topological polar surface area (TPSA) is 52.3 Å². The Bertz CT molecular complexity index is 371. The van der Waals surface area contributed by atoms with Gasteiger partial charge in [-0.15, -0.1) is 12.4 Å². The van der Waals surface area contributed by atoms with Crippen LogP contribution in [0.3, 0.4) is 0 Å². The van der Waals surface area contributed by atoms with E-state index in [1.807, 2.05) is 0 Å². The summed E-state index contributed by atoms with van der Waals surface area (Å²) < 4.78 is 17.8. The predicted molar refractivity (Wildman–Crippen MR) is 62.1 cm³/mol. The molecule has 0 aliphatic heterocycles. The quantitative estimate of drug-likeness (QED) is 0.826. The average molecular weight is 248 g/mol. The van der Waals surface area contributed by atoms with Crippen molar-refractivity contribution in [3.63, 3.8) is 0 Å². The van der Waals surface area contributed by atoms with Crippen molar-refractivity contribution in [1.29, 1.82) is 0 Å². The maximum atomic E-state index is 13.4. The molecule has 1 rings (SSSR count). The van der Waals surface area contributed by atoms with Crippen molar-refractivity contribution in [2.45, 2.75) is 19.4 Å². The molecule has 0 amide bonds. The monoisotopic (exact) mass is 247 g/mol. The van der Waals surface area contributed by atoms with Gasteiger partial charge in [-0.2, -0.15) is 0 Å². The number of rotatable bonds is 3. The summed E-state index contributed by atoms with van der Waals surface area (Å²) in [4.78, 5) is 11.0. The minimum Gasteiger partial charge on any atom is -0.468 e. The zero-order valence-corrected chi connectivity index (χ0v) is 10.0. The zero-order valence-electron chi connectivity index (χ0n) is 9.20. The fourth-order valence-electron chi connectivity index (χ4n) is 1.29. The molecule has 0 aliphatic carbocycles. The number of carbonyl (C=O) groups is 1. The molecule has 5 heteroatoms. The van der Waals surface area contributed by atoms with Crippen LogP contribution in [-0.4, -0.2) is 19.1 Å². The van der Waals surface area contributed by atoms with Gasteiger partial charge in [0.2, 0.25) is 0 Å². The van der Waals surface area contributed by atoms with Crippen LogP contribution in [0.15, 0.2) is 18.2 Å². The van der Waals surface area contributed by atoms with Crippen molar-refractivity contribution < 1.29 is 13.9 Å². The molecule has 0 heterocycles. The summed E-state index contributed by atoms with van der Waals surface area (Å²) in [6.07, 6.45) is 0.152. The van der Waals surface area contributed by atoms with Crippen molar-refractivity contribution in [2.75, 3.05) is 7.11 Å². The van der Waals surface area contributed by atoms with Gasteiger partial charge in [0.15, 0.2) is 0 Å². The van der Waals surface area contributed by atoms with Gasteiger partial charge >= 0.3 is 5.97 Å². The first-order chi connectivity index (χ1) is 7.04. The number of methoxy groups -OCH3 is 1. The highest BCUT2D eigenvalue weighted by Gasteiger charge is 2.16. The molecule has 3 nitrogen and oxygen atoms in total. The van der Waals surface area contributed by atoms with Gasteiger partial charge in [0.05, 0.1) is 7.11 Å². The van der Waals surface area contributed by atoms with Gasteiger partial charge in [-0.3, -0.25) is 4.79 Å². The first-order valence-corrected chi connectivity index (χ1v) is 4.63. The summed E-state index contributed by atoms with van der Waals surface area (Å²) >= 11 is 0. The van der Waals surface area contributed by atoms with Crippen molar-refractivity contribution in [3.8, 4) is 0 Å². The predicted octanol–water partition coefficient (Wildman–Crippen LogP) is 1.60. The molecule has 1 atom stereocenters. The highest BCUT2D eigenvalue weighted by molar-refractivity contribution is 5.85. The number of carbonyl (C=O) groups excluding carboxylic acids is 1. The number of hydrogen-bond donors (Lipinski definition) is 1. The Morgan fingerprint density at radius 3 is 2.69 bits per heavy atom. The van der Waals surface area contributed by atoms with E-state index in [0.29, 0.717) is 5.56 Å². The Kier molecular flexibility index (Phi) is 6.00. The third-order valence-electron chi connectivity index (χ3n) is 2.15. The normalized spacial score (nSPS) is 11.5. The first kappa shape index (κ1) is 14.9. The minimum absolute atomic E-state index is 0. The highest BCUT2D eigenvalue weighted by atomic mass is 35.5. The maximum Gasteiger partial charge on any atom is 0.322 e. The van der Waals surface area contributed by atoms with E-state index in [1.165, 1.54) is 13.2 Å². The van der Waals surface area contributed by atoms with Crippen LogP contribution >= 0.6 is 12.4 Å². The van der Waals surface area contributed by atoms with Gasteiger partial charge in [-0.1, -0.05) is 12.1 Å². The van der Waals surface area contributed by atoms with Crippen LogP contribution in [0.25, 0.3) is 0 Å². The van der Waals surface area contributed by atoms with Crippen LogP contribution in [0, 0.1) is 12.7 Å². The molecule has 1 aromatic rings. The van der Waals surface area contributed by atoms with Crippen molar-refractivity contribution in [3.05, 3.63) is 35.1 Å². The largest absolute Gasteiger partial charge is 0.468 e. The van der Waals surface area contributed by atoms with Gasteiger partial charge in [0, 0.05) is 6.42 Å². The van der Waals surface area contributed by atoms with Crippen LogP contribution in [0.5, 0.6) is 0 Å². The SMILES string of the molecule is COC(=O)C(N)Cc1ccc(C)cc1F.Cl. The molecule has 0 fully saturated rings. The maximum absolute atomic E-state index is 13.4. The fraction of sp³-hybridized carbons (Fsp3) is 0.364. The number of hydrogen-bond acceptors (Lipinski definition) is 3. The summed E-state index contributed by atoms with van der Waals surface area (Å²) in [5, 5.41) is 0. The summed E-state index contributed by atoms with van der Waals surface area (Å²) in [7, 11) is 1.26. The number of aryl methyl sites for hydroxylation is 1.